The monoisotopic (exact) mass is 454 g/mol. The normalized spacial score (nSPS) is 23.3. The van der Waals surface area contributed by atoms with Gasteiger partial charge in [0.25, 0.3) is 0 Å². The molecular formula is C23H23BrN2O3. The highest BCUT2D eigenvalue weighted by Gasteiger charge is 2.44. The van der Waals surface area contributed by atoms with Gasteiger partial charge in [-0.05, 0) is 48.6 Å². The van der Waals surface area contributed by atoms with Gasteiger partial charge in [0.05, 0.1) is 24.5 Å². The van der Waals surface area contributed by atoms with Crippen LogP contribution in [0.15, 0.2) is 58.2 Å². The van der Waals surface area contributed by atoms with Crippen LogP contribution < -0.4 is 10.6 Å². The highest BCUT2D eigenvalue weighted by Crippen LogP contribution is 2.44. The molecule has 0 spiro atoms. The first kappa shape index (κ1) is 19.7. The van der Waals surface area contributed by atoms with E-state index in [2.05, 4.69) is 26.6 Å². The predicted molar refractivity (Wildman–Crippen MR) is 117 cm³/mol. The van der Waals surface area contributed by atoms with E-state index in [1.807, 2.05) is 56.3 Å². The van der Waals surface area contributed by atoms with Crippen LogP contribution >= 0.6 is 15.9 Å². The van der Waals surface area contributed by atoms with Crippen molar-refractivity contribution in [2.24, 2.45) is 11.8 Å². The molecule has 1 aliphatic carbocycles. The van der Waals surface area contributed by atoms with Gasteiger partial charge in [-0.1, -0.05) is 47.1 Å². The van der Waals surface area contributed by atoms with E-state index < -0.39 is 11.9 Å². The van der Waals surface area contributed by atoms with Crippen molar-refractivity contribution < 1.29 is 14.3 Å². The van der Waals surface area contributed by atoms with E-state index in [9.17, 15) is 9.59 Å². The minimum Gasteiger partial charge on any atom is -0.468 e. The number of allylic oxidation sites excluding steroid dienone is 1. The van der Waals surface area contributed by atoms with E-state index in [1.165, 1.54) is 7.11 Å². The zero-order valence-corrected chi connectivity index (χ0v) is 18.2. The van der Waals surface area contributed by atoms with Gasteiger partial charge >= 0.3 is 5.97 Å². The van der Waals surface area contributed by atoms with Gasteiger partial charge in [-0.15, -0.1) is 0 Å². The number of carbonyl (C=O) groups excluding carboxylic acids is 2. The van der Waals surface area contributed by atoms with E-state index in [1.54, 1.807) is 0 Å². The van der Waals surface area contributed by atoms with Gasteiger partial charge in [0, 0.05) is 15.7 Å². The Morgan fingerprint density at radius 2 is 1.90 bits per heavy atom. The summed E-state index contributed by atoms with van der Waals surface area (Å²) in [7, 11) is 1.33. The number of ketones is 1. The number of fused-ring (bicyclic) bond motifs is 1. The second-order valence-electron chi connectivity index (χ2n) is 7.70. The summed E-state index contributed by atoms with van der Waals surface area (Å²) in [6, 6.07) is 13.6. The number of nitrogens with one attached hydrogen (secondary N) is 2. The van der Waals surface area contributed by atoms with E-state index in [0.29, 0.717) is 12.0 Å². The van der Waals surface area contributed by atoms with Gasteiger partial charge in [-0.2, -0.15) is 0 Å². The molecule has 2 N–H and O–H groups in total. The second-order valence-corrected chi connectivity index (χ2v) is 8.55. The number of anilines is 2. The van der Waals surface area contributed by atoms with Crippen molar-refractivity contribution in [2.75, 3.05) is 17.7 Å². The summed E-state index contributed by atoms with van der Waals surface area (Å²) in [5, 5.41) is 6.99. The number of carbonyl (C=O) groups is 2. The van der Waals surface area contributed by atoms with Crippen LogP contribution in [0.4, 0.5) is 11.4 Å². The van der Waals surface area contributed by atoms with Crippen LogP contribution in [-0.4, -0.2) is 18.9 Å². The summed E-state index contributed by atoms with van der Waals surface area (Å²) in [5.41, 5.74) is 5.38. The number of aryl methyl sites for hydroxylation is 1. The van der Waals surface area contributed by atoms with Crippen molar-refractivity contribution >= 4 is 39.1 Å². The summed E-state index contributed by atoms with van der Waals surface area (Å²) in [4.78, 5) is 26.0. The molecule has 2 aromatic carbocycles. The average molecular weight is 455 g/mol. The molecule has 1 aliphatic heterocycles. The van der Waals surface area contributed by atoms with Gasteiger partial charge < -0.3 is 15.4 Å². The number of rotatable bonds is 2. The van der Waals surface area contributed by atoms with Crippen LogP contribution in [0.1, 0.15) is 30.5 Å². The number of esters is 1. The van der Waals surface area contributed by atoms with Crippen LogP contribution in [0, 0.1) is 18.8 Å². The maximum atomic E-state index is 13.6. The maximum absolute atomic E-state index is 13.6. The van der Waals surface area contributed by atoms with Crippen LogP contribution in [-0.2, 0) is 14.3 Å². The number of ether oxygens (including phenoxy) is 1. The fourth-order valence-corrected chi connectivity index (χ4v) is 4.57. The maximum Gasteiger partial charge on any atom is 0.316 e. The summed E-state index contributed by atoms with van der Waals surface area (Å²) in [6.07, 6.45) is 0.598. The Balaban J connectivity index is 1.89. The molecule has 0 saturated heterocycles. The molecule has 29 heavy (non-hydrogen) atoms. The van der Waals surface area contributed by atoms with Crippen molar-refractivity contribution in [1.82, 2.24) is 0 Å². The van der Waals surface area contributed by atoms with Crippen molar-refractivity contribution in [1.29, 1.82) is 0 Å². The number of benzene rings is 2. The van der Waals surface area contributed by atoms with Crippen molar-refractivity contribution in [3.05, 3.63) is 69.3 Å². The van der Waals surface area contributed by atoms with Gasteiger partial charge in [0.2, 0.25) is 0 Å². The second kappa shape index (κ2) is 7.67. The largest absolute Gasteiger partial charge is 0.468 e. The molecule has 0 amide bonds. The third kappa shape index (κ3) is 3.46. The number of halogens is 1. The van der Waals surface area contributed by atoms with Gasteiger partial charge in [0.1, 0.15) is 5.92 Å². The predicted octanol–water partition coefficient (Wildman–Crippen LogP) is 4.99. The molecular weight excluding hydrogens is 432 g/mol. The quantitative estimate of drug-likeness (QED) is 0.494. The summed E-state index contributed by atoms with van der Waals surface area (Å²) in [6.45, 7) is 3.95. The number of methoxy groups -OCH3 is 1. The molecule has 0 radical (unpaired) electrons. The lowest BCUT2D eigenvalue weighted by Gasteiger charge is -2.32. The van der Waals surface area contributed by atoms with Crippen LogP contribution in [0.5, 0.6) is 0 Å². The third-order valence-corrected chi connectivity index (χ3v) is 6.61. The lowest BCUT2D eigenvalue weighted by molar-refractivity contribution is -0.151. The Labute approximate surface area is 178 Å². The molecule has 0 aromatic heterocycles. The third-order valence-electron chi connectivity index (χ3n) is 5.75. The molecule has 0 fully saturated rings. The number of hydrogen-bond donors (Lipinski definition) is 2. The molecule has 6 heteroatoms. The number of para-hydroxylation sites is 2. The topological polar surface area (TPSA) is 67.4 Å². The van der Waals surface area contributed by atoms with E-state index >= 15 is 0 Å². The lowest BCUT2D eigenvalue weighted by atomic mass is 9.75. The van der Waals surface area contributed by atoms with Gasteiger partial charge in [0.15, 0.2) is 5.78 Å². The standard InChI is InChI=1S/C23H23BrN2O3/c1-12-8-9-14(11-15(12)24)21-20-18(25-16-6-4-5-7-17(16)26-21)10-13(2)19(22(20)27)23(28)29-3/h4-9,11,13,19,21,25-26H,10H2,1-3H3/t13-,19-,21-/m1/s1. The first-order valence-corrected chi connectivity index (χ1v) is 10.4. The molecule has 0 unspecified atom stereocenters. The van der Waals surface area contributed by atoms with Crippen molar-refractivity contribution in [3.63, 3.8) is 0 Å². The van der Waals surface area contributed by atoms with Crippen LogP contribution in [0.2, 0.25) is 0 Å². The van der Waals surface area contributed by atoms with E-state index in [-0.39, 0.29) is 17.7 Å². The molecule has 2 aromatic rings. The summed E-state index contributed by atoms with van der Waals surface area (Å²) in [5.74, 6) is -1.59. The van der Waals surface area contributed by atoms with Crippen LogP contribution in [0.25, 0.3) is 0 Å². The zero-order chi connectivity index (χ0) is 20.7. The molecule has 0 bridgehead atoms. The van der Waals surface area contributed by atoms with Gasteiger partial charge in [-0.25, -0.2) is 0 Å². The highest BCUT2D eigenvalue weighted by molar-refractivity contribution is 9.10. The molecule has 0 saturated carbocycles. The fraction of sp³-hybridized carbons (Fsp3) is 0.304. The van der Waals surface area contributed by atoms with Crippen LogP contribution in [0.3, 0.4) is 0 Å². The Bertz CT molecular complexity index is 1030. The molecule has 4 rings (SSSR count). The average Bonchev–Trinajstić information content (AvgIpc) is 2.86. The molecule has 2 aliphatic rings. The lowest BCUT2D eigenvalue weighted by Crippen LogP contribution is -2.39. The minimum absolute atomic E-state index is 0.142. The van der Waals surface area contributed by atoms with Crippen molar-refractivity contribution in [2.45, 2.75) is 26.3 Å². The van der Waals surface area contributed by atoms with Gasteiger partial charge in [-0.3, -0.25) is 9.59 Å². The first-order chi connectivity index (χ1) is 13.9. The van der Waals surface area contributed by atoms with Crippen molar-refractivity contribution in [3.8, 4) is 0 Å². The van der Waals surface area contributed by atoms with E-state index in [0.717, 1.165) is 32.7 Å². The Morgan fingerprint density at radius 1 is 1.17 bits per heavy atom. The molecule has 3 atom stereocenters. The Hall–Kier alpha value is -2.60. The molecule has 5 nitrogen and oxygen atoms in total. The fourth-order valence-electron chi connectivity index (χ4n) is 4.17. The Morgan fingerprint density at radius 3 is 2.59 bits per heavy atom. The minimum atomic E-state index is -0.792. The summed E-state index contributed by atoms with van der Waals surface area (Å²) >= 11 is 3.60. The number of Topliss-reactive ketones (excluding diaryl/α,β-unsaturated/α-hetero) is 1. The first-order valence-electron chi connectivity index (χ1n) is 9.64. The van der Waals surface area contributed by atoms with E-state index in [4.69, 9.17) is 4.74 Å². The SMILES string of the molecule is COC(=O)[C@H]1C(=O)C2=C(C[C@H]1C)Nc1ccccc1N[C@@H]2c1ccc(C)c(Br)c1. The summed E-state index contributed by atoms with van der Waals surface area (Å²) < 4.78 is 5.93. The Kier molecular flexibility index (Phi) is 5.21. The number of hydrogen-bond acceptors (Lipinski definition) is 5. The highest BCUT2D eigenvalue weighted by atomic mass is 79.9. The molecule has 150 valence electrons. The smallest absolute Gasteiger partial charge is 0.316 e. The zero-order valence-electron chi connectivity index (χ0n) is 16.6. The molecule has 1 heterocycles.